The fourth-order valence-electron chi connectivity index (χ4n) is 2.28. The Balaban J connectivity index is 1.46. The molecule has 4 nitrogen and oxygen atoms in total. The number of aliphatic hydroxyl groups is 1. The molecule has 0 aliphatic carbocycles. The fraction of sp³-hybridized carbons (Fsp3) is 0.222. The number of nitrogens with one attached hydrogen (secondary N) is 1. The van der Waals surface area contributed by atoms with Gasteiger partial charge >= 0.3 is 0 Å². The zero-order valence-corrected chi connectivity index (χ0v) is 12.2. The molecule has 0 bridgehead atoms. The first-order chi connectivity index (χ1) is 10.8. The van der Waals surface area contributed by atoms with Crippen molar-refractivity contribution in [2.45, 2.75) is 12.6 Å². The first kappa shape index (κ1) is 14.6. The Bertz CT molecular complexity index is 709. The van der Waals surface area contributed by atoms with Crippen molar-refractivity contribution in [2.24, 2.45) is 0 Å². The first-order valence-electron chi connectivity index (χ1n) is 7.34. The minimum atomic E-state index is -0.568. The molecular formula is C18H19NO3. The fourth-order valence-corrected chi connectivity index (χ4v) is 2.28. The van der Waals surface area contributed by atoms with Gasteiger partial charge in [-0.15, -0.1) is 0 Å². The molecule has 0 amide bonds. The van der Waals surface area contributed by atoms with E-state index in [0.29, 0.717) is 13.1 Å². The van der Waals surface area contributed by atoms with E-state index in [1.165, 1.54) is 5.39 Å². The Kier molecular flexibility index (Phi) is 4.73. The van der Waals surface area contributed by atoms with E-state index < -0.39 is 6.10 Å². The molecule has 0 aliphatic rings. The third-order valence-electron chi connectivity index (χ3n) is 3.42. The molecule has 114 valence electrons. The van der Waals surface area contributed by atoms with E-state index >= 15 is 0 Å². The van der Waals surface area contributed by atoms with Gasteiger partial charge in [0.05, 0.1) is 12.8 Å². The molecule has 0 spiro atoms. The Morgan fingerprint density at radius 3 is 2.73 bits per heavy atom. The van der Waals surface area contributed by atoms with Gasteiger partial charge in [-0.2, -0.15) is 0 Å². The van der Waals surface area contributed by atoms with Crippen LogP contribution in [0.1, 0.15) is 5.76 Å². The molecule has 1 heterocycles. The summed E-state index contributed by atoms with van der Waals surface area (Å²) in [5.41, 5.74) is 0. The van der Waals surface area contributed by atoms with Crippen molar-refractivity contribution in [3.8, 4) is 5.75 Å². The van der Waals surface area contributed by atoms with Crippen LogP contribution in [-0.4, -0.2) is 24.4 Å². The second-order valence-electron chi connectivity index (χ2n) is 5.18. The lowest BCUT2D eigenvalue weighted by Gasteiger charge is -2.13. The minimum absolute atomic E-state index is 0.253. The zero-order chi connectivity index (χ0) is 15.2. The monoisotopic (exact) mass is 297 g/mol. The Morgan fingerprint density at radius 2 is 1.91 bits per heavy atom. The maximum absolute atomic E-state index is 9.93. The van der Waals surface area contributed by atoms with Gasteiger partial charge in [0.2, 0.25) is 0 Å². The van der Waals surface area contributed by atoms with Crippen LogP contribution in [0.25, 0.3) is 10.8 Å². The predicted molar refractivity (Wildman–Crippen MR) is 85.9 cm³/mol. The summed E-state index contributed by atoms with van der Waals surface area (Å²) in [7, 11) is 0. The SMILES string of the molecule is O[C@@H](CNCc1ccco1)COc1ccc2ccccc2c1. The third-order valence-corrected chi connectivity index (χ3v) is 3.42. The molecule has 0 radical (unpaired) electrons. The molecule has 1 aromatic heterocycles. The van der Waals surface area contributed by atoms with Crippen molar-refractivity contribution < 1.29 is 14.3 Å². The van der Waals surface area contributed by atoms with Crippen LogP contribution < -0.4 is 10.1 Å². The molecule has 2 aromatic carbocycles. The summed E-state index contributed by atoms with van der Waals surface area (Å²) in [4.78, 5) is 0. The number of rotatable bonds is 7. The number of fused-ring (bicyclic) bond motifs is 1. The lowest BCUT2D eigenvalue weighted by molar-refractivity contribution is 0.106. The van der Waals surface area contributed by atoms with Crippen molar-refractivity contribution in [2.75, 3.05) is 13.2 Å². The molecule has 1 atom stereocenters. The number of hydrogen-bond donors (Lipinski definition) is 2. The molecule has 0 saturated carbocycles. The Hall–Kier alpha value is -2.30. The lowest BCUT2D eigenvalue weighted by atomic mass is 10.1. The second kappa shape index (κ2) is 7.11. The average Bonchev–Trinajstić information content (AvgIpc) is 3.06. The first-order valence-corrected chi connectivity index (χ1v) is 7.34. The standard InChI is InChI=1S/C18H19NO3/c20-16(11-19-12-18-6-3-9-21-18)13-22-17-8-7-14-4-1-2-5-15(14)10-17/h1-10,16,19-20H,11-13H2/t16-/m0/s1. The van der Waals surface area contributed by atoms with E-state index in [9.17, 15) is 5.11 Å². The number of ether oxygens (including phenoxy) is 1. The summed E-state index contributed by atoms with van der Waals surface area (Å²) < 4.78 is 10.9. The van der Waals surface area contributed by atoms with Crippen molar-refractivity contribution >= 4 is 10.8 Å². The van der Waals surface area contributed by atoms with E-state index in [2.05, 4.69) is 11.4 Å². The molecule has 0 fully saturated rings. The quantitative estimate of drug-likeness (QED) is 0.704. The highest BCUT2D eigenvalue weighted by Crippen LogP contribution is 2.20. The normalized spacial score (nSPS) is 12.4. The molecule has 0 aliphatic heterocycles. The summed E-state index contributed by atoms with van der Waals surface area (Å²) in [5.74, 6) is 1.62. The van der Waals surface area contributed by atoms with E-state index in [-0.39, 0.29) is 6.61 Å². The number of aliphatic hydroxyl groups excluding tert-OH is 1. The highest BCUT2D eigenvalue weighted by atomic mass is 16.5. The molecule has 2 N–H and O–H groups in total. The summed E-state index contributed by atoms with van der Waals surface area (Å²) in [6.45, 7) is 1.30. The van der Waals surface area contributed by atoms with Gasteiger partial charge in [0.1, 0.15) is 24.2 Å². The van der Waals surface area contributed by atoms with Crippen LogP contribution in [0.4, 0.5) is 0 Å². The van der Waals surface area contributed by atoms with Gasteiger partial charge in [-0.25, -0.2) is 0 Å². The van der Waals surface area contributed by atoms with Crippen LogP contribution >= 0.6 is 0 Å². The number of hydrogen-bond acceptors (Lipinski definition) is 4. The van der Waals surface area contributed by atoms with Crippen molar-refractivity contribution in [1.82, 2.24) is 5.32 Å². The van der Waals surface area contributed by atoms with Crippen LogP contribution in [0.3, 0.4) is 0 Å². The predicted octanol–water partition coefficient (Wildman–Crippen LogP) is 2.96. The van der Waals surface area contributed by atoms with Gasteiger partial charge in [0, 0.05) is 6.54 Å². The molecule has 3 rings (SSSR count). The molecule has 0 saturated heterocycles. The second-order valence-corrected chi connectivity index (χ2v) is 5.18. The van der Waals surface area contributed by atoms with Gasteiger partial charge < -0.3 is 19.6 Å². The Labute approximate surface area is 129 Å². The molecular weight excluding hydrogens is 278 g/mol. The van der Waals surface area contributed by atoms with Crippen molar-refractivity contribution in [1.29, 1.82) is 0 Å². The average molecular weight is 297 g/mol. The highest BCUT2D eigenvalue weighted by molar-refractivity contribution is 5.83. The molecule has 22 heavy (non-hydrogen) atoms. The van der Waals surface area contributed by atoms with Crippen LogP contribution in [0.15, 0.2) is 65.3 Å². The molecule has 0 unspecified atom stereocenters. The maximum Gasteiger partial charge on any atom is 0.120 e. The van der Waals surface area contributed by atoms with E-state index in [1.807, 2.05) is 48.5 Å². The van der Waals surface area contributed by atoms with Crippen molar-refractivity contribution in [3.05, 3.63) is 66.6 Å². The number of furan rings is 1. The van der Waals surface area contributed by atoms with E-state index in [4.69, 9.17) is 9.15 Å². The van der Waals surface area contributed by atoms with Crippen LogP contribution in [-0.2, 0) is 6.54 Å². The summed E-state index contributed by atoms with van der Waals surface area (Å²) in [6.07, 6.45) is 1.07. The van der Waals surface area contributed by atoms with Crippen LogP contribution in [0.5, 0.6) is 5.75 Å². The minimum Gasteiger partial charge on any atom is -0.491 e. The smallest absolute Gasteiger partial charge is 0.120 e. The summed E-state index contributed by atoms with van der Waals surface area (Å²) >= 11 is 0. The summed E-state index contributed by atoms with van der Waals surface area (Å²) in [6, 6.07) is 17.8. The van der Waals surface area contributed by atoms with E-state index in [0.717, 1.165) is 16.9 Å². The lowest BCUT2D eigenvalue weighted by Crippen LogP contribution is -2.31. The van der Waals surface area contributed by atoms with Gasteiger partial charge in [-0.05, 0) is 35.0 Å². The van der Waals surface area contributed by atoms with Gasteiger partial charge in [0.25, 0.3) is 0 Å². The molecule has 3 aromatic rings. The third kappa shape index (κ3) is 3.87. The zero-order valence-electron chi connectivity index (χ0n) is 12.2. The topological polar surface area (TPSA) is 54.6 Å². The van der Waals surface area contributed by atoms with Gasteiger partial charge in [-0.1, -0.05) is 30.3 Å². The molecule has 4 heteroatoms. The van der Waals surface area contributed by atoms with Gasteiger partial charge in [-0.3, -0.25) is 0 Å². The van der Waals surface area contributed by atoms with Gasteiger partial charge in [0.15, 0.2) is 0 Å². The van der Waals surface area contributed by atoms with Crippen LogP contribution in [0, 0.1) is 0 Å². The Morgan fingerprint density at radius 1 is 1.05 bits per heavy atom. The summed E-state index contributed by atoms with van der Waals surface area (Å²) in [5, 5.41) is 15.4. The maximum atomic E-state index is 9.93. The van der Waals surface area contributed by atoms with Crippen LogP contribution in [0.2, 0.25) is 0 Å². The van der Waals surface area contributed by atoms with Crippen molar-refractivity contribution in [3.63, 3.8) is 0 Å². The number of benzene rings is 2. The highest BCUT2D eigenvalue weighted by Gasteiger charge is 2.06. The van der Waals surface area contributed by atoms with E-state index in [1.54, 1.807) is 6.26 Å². The largest absolute Gasteiger partial charge is 0.491 e.